The van der Waals surface area contributed by atoms with Crippen molar-refractivity contribution in [1.82, 2.24) is 14.7 Å². The Bertz CT molecular complexity index is 814. The molecule has 0 aromatic heterocycles. The van der Waals surface area contributed by atoms with Crippen LogP contribution in [-0.4, -0.2) is 97.9 Å². The number of carbonyl (C=O) groups excluding carboxylic acids is 1. The Morgan fingerprint density at radius 1 is 0.969 bits per heavy atom. The zero-order valence-electron chi connectivity index (χ0n) is 18.6. The van der Waals surface area contributed by atoms with Gasteiger partial charge in [-0.1, -0.05) is 29.3 Å². The maximum Gasteiger partial charge on any atom is 0.227 e. The van der Waals surface area contributed by atoms with Gasteiger partial charge < -0.3 is 14.4 Å². The number of hydrogen-bond donors (Lipinski definition) is 0. The van der Waals surface area contributed by atoms with E-state index >= 15 is 0 Å². The summed E-state index contributed by atoms with van der Waals surface area (Å²) < 4.78 is 11.8. The van der Waals surface area contributed by atoms with E-state index in [1.807, 2.05) is 12.1 Å². The first-order valence-electron chi connectivity index (χ1n) is 12.0. The first-order valence-corrected chi connectivity index (χ1v) is 12.7. The Hall–Kier alpha value is -0.890. The van der Waals surface area contributed by atoms with Gasteiger partial charge in [-0.2, -0.15) is 0 Å². The Morgan fingerprint density at radius 2 is 1.78 bits per heavy atom. The number of rotatable bonds is 5. The van der Waals surface area contributed by atoms with Crippen LogP contribution in [0.15, 0.2) is 18.2 Å². The lowest BCUT2D eigenvalue weighted by atomic mass is 9.90. The minimum absolute atomic E-state index is 0.160. The standard InChI is InChI=1S/C24H33Cl2N3O3/c25-19-4-3-17(11-20(19)26)12-23(30)29-9-8-28(13-18-5-10-31-14-18)22-16-32-15-21(24(22)29)27-6-1-2-7-27/h3-4,11,18,21-22,24H,1-2,5-10,12-16H2/t18?,21-,22+,24+/m0/s1. The van der Waals surface area contributed by atoms with E-state index in [0.29, 0.717) is 35.6 Å². The molecule has 1 unspecified atom stereocenters. The van der Waals surface area contributed by atoms with Gasteiger partial charge in [-0.25, -0.2) is 0 Å². The number of halogens is 2. The van der Waals surface area contributed by atoms with Gasteiger partial charge in [0.1, 0.15) is 0 Å². The molecule has 0 radical (unpaired) electrons. The molecule has 32 heavy (non-hydrogen) atoms. The SMILES string of the molecule is O=C(Cc1ccc(Cl)c(Cl)c1)N1CCN(CC2CCOC2)[C@@H]2COC[C@H](N3CCCC3)[C@H]21. The maximum absolute atomic E-state index is 13.6. The van der Waals surface area contributed by atoms with E-state index in [2.05, 4.69) is 14.7 Å². The highest BCUT2D eigenvalue weighted by Gasteiger charge is 2.48. The van der Waals surface area contributed by atoms with Crippen molar-refractivity contribution in [1.29, 1.82) is 0 Å². The maximum atomic E-state index is 13.6. The van der Waals surface area contributed by atoms with Gasteiger partial charge in [0.05, 0.1) is 54.4 Å². The number of benzene rings is 1. The fourth-order valence-corrected chi connectivity index (χ4v) is 6.27. The van der Waals surface area contributed by atoms with Crippen molar-refractivity contribution < 1.29 is 14.3 Å². The molecule has 1 aromatic rings. The van der Waals surface area contributed by atoms with E-state index in [0.717, 1.165) is 57.9 Å². The second-order valence-corrected chi connectivity index (χ2v) is 10.5. The van der Waals surface area contributed by atoms with Crippen LogP contribution < -0.4 is 0 Å². The number of likely N-dealkylation sites (tertiary alicyclic amines) is 1. The zero-order valence-corrected chi connectivity index (χ0v) is 20.1. The second-order valence-electron chi connectivity index (χ2n) is 9.64. The minimum atomic E-state index is 0.160. The average molecular weight is 482 g/mol. The van der Waals surface area contributed by atoms with Crippen LogP contribution >= 0.6 is 23.2 Å². The van der Waals surface area contributed by atoms with Gasteiger partial charge in [-0.15, -0.1) is 0 Å². The Morgan fingerprint density at radius 3 is 2.53 bits per heavy atom. The van der Waals surface area contributed by atoms with Crippen LogP contribution in [0.25, 0.3) is 0 Å². The van der Waals surface area contributed by atoms with Gasteiger partial charge in [-0.3, -0.25) is 14.6 Å². The number of amides is 1. The molecule has 5 rings (SSSR count). The summed E-state index contributed by atoms with van der Waals surface area (Å²) in [5.41, 5.74) is 0.913. The van der Waals surface area contributed by atoms with E-state index in [1.165, 1.54) is 12.8 Å². The highest BCUT2D eigenvalue weighted by Crippen LogP contribution is 2.31. The quantitative estimate of drug-likeness (QED) is 0.646. The zero-order chi connectivity index (χ0) is 22.1. The smallest absolute Gasteiger partial charge is 0.227 e. The van der Waals surface area contributed by atoms with E-state index in [1.54, 1.807) is 6.07 Å². The van der Waals surface area contributed by atoms with Gasteiger partial charge in [0, 0.05) is 26.2 Å². The van der Waals surface area contributed by atoms with Crippen molar-refractivity contribution in [2.24, 2.45) is 5.92 Å². The predicted molar refractivity (Wildman–Crippen MR) is 125 cm³/mol. The molecule has 4 heterocycles. The highest BCUT2D eigenvalue weighted by molar-refractivity contribution is 6.42. The number of hydrogen-bond acceptors (Lipinski definition) is 5. The molecular formula is C24H33Cl2N3O3. The lowest BCUT2D eigenvalue weighted by Crippen LogP contribution is -2.71. The van der Waals surface area contributed by atoms with Crippen LogP contribution in [0, 0.1) is 5.92 Å². The summed E-state index contributed by atoms with van der Waals surface area (Å²) in [4.78, 5) is 20.9. The largest absolute Gasteiger partial charge is 0.381 e. The summed E-state index contributed by atoms with van der Waals surface area (Å²) in [5.74, 6) is 0.759. The predicted octanol–water partition coefficient (Wildman–Crippen LogP) is 2.95. The van der Waals surface area contributed by atoms with Crippen molar-refractivity contribution in [2.45, 2.75) is 43.8 Å². The van der Waals surface area contributed by atoms with Crippen molar-refractivity contribution in [3.05, 3.63) is 33.8 Å². The first kappa shape index (κ1) is 22.9. The first-order chi connectivity index (χ1) is 15.6. The molecule has 176 valence electrons. The molecule has 4 atom stereocenters. The van der Waals surface area contributed by atoms with Gasteiger partial charge in [0.15, 0.2) is 0 Å². The molecular weight excluding hydrogens is 449 g/mol. The fourth-order valence-electron chi connectivity index (χ4n) is 5.95. The van der Waals surface area contributed by atoms with Gasteiger partial charge in [0.2, 0.25) is 5.91 Å². The lowest BCUT2D eigenvalue weighted by Gasteiger charge is -2.54. The number of piperazine rings is 1. The summed E-state index contributed by atoms with van der Waals surface area (Å²) in [6.07, 6.45) is 3.94. The number of ether oxygens (including phenoxy) is 2. The molecule has 8 heteroatoms. The molecule has 0 aliphatic carbocycles. The molecule has 4 fully saturated rings. The molecule has 1 amide bonds. The molecule has 0 saturated carbocycles. The molecule has 6 nitrogen and oxygen atoms in total. The molecule has 4 aliphatic rings. The monoisotopic (exact) mass is 481 g/mol. The van der Waals surface area contributed by atoms with Gasteiger partial charge >= 0.3 is 0 Å². The van der Waals surface area contributed by atoms with E-state index < -0.39 is 0 Å². The van der Waals surface area contributed by atoms with Crippen LogP contribution in [0.2, 0.25) is 10.0 Å². The Kier molecular flexibility index (Phi) is 7.27. The average Bonchev–Trinajstić information content (AvgIpc) is 3.50. The van der Waals surface area contributed by atoms with Crippen LogP contribution in [0.1, 0.15) is 24.8 Å². The van der Waals surface area contributed by atoms with Crippen LogP contribution in [0.3, 0.4) is 0 Å². The van der Waals surface area contributed by atoms with Crippen molar-refractivity contribution >= 4 is 29.1 Å². The second kappa shape index (κ2) is 10.2. The van der Waals surface area contributed by atoms with Crippen LogP contribution in [0.4, 0.5) is 0 Å². The summed E-state index contributed by atoms with van der Waals surface area (Å²) >= 11 is 12.3. The van der Waals surface area contributed by atoms with Crippen molar-refractivity contribution in [2.75, 3.05) is 59.2 Å². The molecule has 1 aromatic carbocycles. The number of carbonyl (C=O) groups is 1. The Labute approximate surface area is 200 Å². The highest BCUT2D eigenvalue weighted by atomic mass is 35.5. The summed E-state index contributed by atoms with van der Waals surface area (Å²) in [7, 11) is 0. The molecule has 4 aliphatic heterocycles. The van der Waals surface area contributed by atoms with Crippen LogP contribution in [-0.2, 0) is 20.7 Å². The lowest BCUT2D eigenvalue weighted by molar-refractivity contribution is -0.153. The number of fused-ring (bicyclic) bond motifs is 1. The molecule has 4 saturated heterocycles. The third kappa shape index (κ3) is 4.82. The van der Waals surface area contributed by atoms with E-state index in [4.69, 9.17) is 32.7 Å². The van der Waals surface area contributed by atoms with E-state index in [-0.39, 0.29) is 24.0 Å². The molecule has 0 spiro atoms. The molecule has 0 bridgehead atoms. The number of nitrogens with zero attached hydrogens (tertiary/aromatic N) is 3. The van der Waals surface area contributed by atoms with Gasteiger partial charge in [-0.05, 0) is 56.0 Å². The third-order valence-corrected chi connectivity index (χ3v) is 8.35. The fraction of sp³-hybridized carbons (Fsp3) is 0.708. The summed E-state index contributed by atoms with van der Waals surface area (Å²) in [6, 6.07) is 6.16. The Balaban J connectivity index is 1.36. The molecule has 0 N–H and O–H groups in total. The van der Waals surface area contributed by atoms with Crippen molar-refractivity contribution in [3.63, 3.8) is 0 Å². The van der Waals surface area contributed by atoms with Crippen LogP contribution in [0.5, 0.6) is 0 Å². The van der Waals surface area contributed by atoms with Crippen molar-refractivity contribution in [3.8, 4) is 0 Å². The normalized spacial score (nSPS) is 31.8. The summed E-state index contributed by atoms with van der Waals surface area (Å²) in [5, 5.41) is 1.02. The topological polar surface area (TPSA) is 45.3 Å². The minimum Gasteiger partial charge on any atom is -0.381 e. The van der Waals surface area contributed by atoms with E-state index in [9.17, 15) is 4.79 Å². The third-order valence-electron chi connectivity index (χ3n) is 7.61. The van der Waals surface area contributed by atoms with Gasteiger partial charge in [0.25, 0.3) is 0 Å². The summed E-state index contributed by atoms with van der Waals surface area (Å²) in [6.45, 7) is 8.01.